The van der Waals surface area contributed by atoms with Gasteiger partial charge in [-0.05, 0) is 54.4 Å². The van der Waals surface area contributed by atoms with Crippen LogP contribution in [0.3, 0.4) is 0 Å². The normalized spacial score (nSPS) is 10.6. The minimum atomic E-state index is -0.471. The molecule has 1 N–H and O–H groups in total. The Labute approximate surface area is 161 Å². The Morgan fingerprint density at radius 2 is 1.81 bits per heavy atom. The van der Waals surface area contributed by atoms with Gasteiger partial charge >= 0.3 is 0 Å². The molecule has 0 spiro atoms. The number of carbonyl (C=O) groups excluding carboxylic acids is 1. The van der Waals surface area contributed by atoms with Gasteiger partial charge in [0.1, 0.15) is 5.56 Å². The molecule has 6 heteroatoms. The van der Waals surface area contributed by atoms with E-state index in [0.29, 0.717) is 22.3 Å². The van der Waals surface area contributed by atoms with E-state index in [1.54, 1.807) is 42.6 Å². The van der Waals surface area contributed by atoms with Gasteiger partial charge in [0.25, 0.3) is 11.5 Å². The van der Waals surface area contributed by atoms with E-state index in [4.69, 9.17) is 23.2 Å². The Kier molecular flexibility index (Phi) is 5.45. The van der Waals surface area contributed by atoms with E-state index >= 15 is 0 Å². The van der Waals surface area contributed by atoms with Gasteiger partial charge < -0.3 is 9.88 Å². The van der Waals surface area contributed by atoms with Crippen molar-refractivity contribution >= 4 is 34.8 Å². The van der Waals surface area contributed by atoms with Crippen molar-refractivity contribution in [1.29, 1.82) is 0 Å². The van der Waals surface area contributed by atoms with E-state index in [-0.39, 0.29) is 11.1 Å². The number of aryl methyl sites for hydroxylation is 1. The van der Waals surface area contributed by atoms with Crippen molar-refractivity contribution in [2.75, 3.05) is 5.32 Å². The number of benzene rings is 2. The maximum absolute atomic E-state index is 12.7. The van der Waals surface area contributed by atoms with Crippen LogP contribution < -0.4 is 10.9 Å². The van der Waals surface area contributed by atoms with Crippen LogP contribution in [0.5, 0.6) is 0 Å². The van der Waals surface area contributed by atoms with Crippen LogP contribution in [0.4, 0.5) is 5.69 Å². The predicted molar refractivity (Wildman–Crippen MR) is 105 cm³/mol. The van der Waals surface area contributed by atoms with E-state index in [1.165, 1.54) is 10.6 Å². The van der Waals surface area contributed by atoms with Gasteiger partial charge in [-0.25, -0.2) is 0 Å². The number of hydrogen-bond acceptors (Lipinski definition) is 2. The zero-order valence-corrected chi connectivity index (χ0v) is 15.5. The van der Waals surface area contributed by atoms with Crippen molar-refractivity contribution < 1.29 is 4.79 Å². The number of rotatable bonds is 4. The molecule has 0 atom stereocenters. The zero-order valence-electron chi connectivity index (χ0n) is 14.0. The van der Waals surface area contributed by atoms with Crippen LogP contribution in [0.25, 0.3) is 0 Å². The zero-order chi connectivity index (χ0) is 18.7. The molecule has 26 heavy (non-hydrogen) atoms. The topological polar surface area (TPSA) is 51.1 Å². The summed E-state index contributed by atoms with van der Waals surface area (Å²) in [7, 11) is 0. The molecule has 3 aromatic rings. The molecule has 1 aromatic heterocycles. The number of pyridine rings is 1. The van der Waals surface area contributed by atoms with Crippen molar-refractivity contribution in [2.45, 2.75) is 13.5 Å². The van der Waals surface area contributed by atoms with Gasteiger partial charge in [-0.15, -0.1) is 0 Å². The van der Waals surface area contributed by atoms with E-state index in [2.05, 4.69) is 5.32 Å². The van der Waals surface area contributed by atoms with Crippen LogP contribution in [0.15, 0.2) is 65.6 Å². The van der Waals surface area contributed by atoms with Crippen LogP contribution in [0.2, 0.25) is 10.0 Å². The van der Waals surface area contributed by atoms with Crippen molar-refractivity contribution in [2.24, 2.45) is 0 Å². The van der Waals surface area contributed by atoms with Crippen LogP contribution in [0.1, 0.15) is 21.5 Å². The molecule has 132 valence electrons. The third-order valence-electron chi connectivity index (χ3n) is 3.95. The Balaban J connectivity index is 1.88. The van der Waals surface area contributed by atoms with Gasteiger partial charge in [-0.3, -0.25) is 9.59 Å². The molecule has 4 nitrogen and oxygen atoms in total. The first-order chi connectivity index (χ1) is 12.4. The fourth-order valence-corrected chi connectivity index (χ4v) is 2.97. The number of nitrogens with zero attached hydrogens (tertiary/aromatic N) is 1. The summed E-state index contributed by atoms with van der Waals surface area (Å²) < 4.78 is 1.48. The van der Waals surface area contributed by atoms with Gasteiger partial charge in [-0.2, -0.15) is 0 Å². The van der Waals surface area contributed by atoms with Crippen LogP contribution in [-0.2, 0) is 6.54 Å². The van der Waals surface area contributed by atoms with E-state index in [9.17, 15) is 9.59 Å². The standard InChI is InChI=1S/C20H16Cl2N2O2/c1-13-7-8-16(22)11-18(13)23-19(25)17-6-3-9-24(20(17)26)12-14-4-2-5-15(21)10-14/h2-11H,12H2,1H3,(H,23,25). The summed E-state index contributed by atoms with van der Waals surface area (Å²) in [5, 5.41) is 3.86. The summed E-state index contributed by atoms with van der Waals surface area (Å²) >= 11 is 12.0. The average Bonchev–Trinajstić information content (AvgIpc) is 2.60. The lowest BCUT2D eigenvalue weighted by Crippen LogP contribution is -2.29. The number of amides is 1. The summed E-state index contributed by atoms with van der Waals surface area (Å²) in [4.78, 5) is 25.3. The van der Waals surface area contributed by atoms with Crippen molar-refractivity contribution in [3.8, 4) is 0 Å². The molecule has 0 unspecified atom stereocenters. The molecule has 0 fully saturated rings. The lowest BCUT2D eigenvalue weighted by atomic mass is 10.1. The number of hydrogen-bond donors (Lipinski definition) is 1. The second-order valence-electron chi connectivity index (χ2n) is 5.90. The van der Waals surface area contributed by atoms with Crippen LogP contribution >= 0.6 is 23.2 Å². The number of halogens is 2. The SMILES string of the molecule is Cc1ccc(Cl)cc1NC(=O)c1cccn(Cc2cccc(Cl)c2)c1=O. The Morgan fingerprint density at radius 3 is 2.58 bits per heavy atom. The van der Waals surface area contributed by atoms with Gasteiger partial charge in [0.2, 0.25) is 0 Å². The first-order valence-electron chi connectivity index (χ1n) is 7.95. The molecule has 0 aliphatic carbocycles. The Morgan fingerprint density at radius 1 is 1.04 bits per heavy atom. The van der Waals surface area contributed by atoms with Crippen LogP contribution in [0, 0.1) is 6.92 Å². The third kappa shape index (κ3) is 4.15. The highest BCUT2D eigenvalue weighted by Crippen LogP contribution is 2.20. The predicted octanol–water partition coefficient (Wildman–Crippen LogP) is 4.76. The third-order valence-corrected chi connectivity index (χ3v) is 4.42. The maximum Gasteiger partial charge on any atom is 0.263 e. The lowest BCUT2D eigenvalue weighted by Gasteiger charge is -2.11. The minimum absolute atomic E-state index is 0.0638. The monoisotopic (exact) mass is 386 g/mol. The van der Waals surface area contributed by atoms with Gasteiger partial charge in [0, 0.05) is 21.9 Å². The molecule has 1 amide bonds. The van der Waals surface area contributed by atoms with Crippen molar-refractivity contribution in [3.05, 3.63) is 97.9 Å². The fraction of sp³-hybridized carbons (Fsp3) is 0.100. The van der Waals surface area contributed by atoms with Crippen molar-refractivity contribution in [3.63, 3.8) is 0 Å². The second kappa shape index (κ2) is 7.77. The number of nitrogens with one attached hydrogen (secondary N) is 1. The smallest absolute Gasteiger partial charge is 0.263 e. The summed E-state index contributed by atoms with van der Waals surface area (Å²) in [5.74, 6) is -0.471. The molecule has 3 rings (SSSR count). The minimum Gasteiger partial charge on any atom is -0.322 e. The van der Waals surface area contributed by atoms with E-state index < -0.39 is 5.91 Å². The summed E-state index contributed by atoms with van der Waals surface area (Å²) in [5.41, 5.74) is 2.01. The summed E-state index contributed by atoms with van der Waals surface area (Å²) in [6.07, 6.45) is 1.64. The number of aromatic nitrogens is 1. The van der Waals surface area contributed by atoms with E-state index in [1.807, 2.05) is 19.1 Å². The Bertz CT molecular complexity index is 1030. The largest absolute Gasteiger partial charge is 0.322 e. The highest BCUT2D eigenvalue weighted by Gasteiger charge is 2.14. The average molecular weight is 387 g/mol. The molecule has 0 saturated carbocycles. The van der Waals surface area contributed by atoms with Crippen LogP contribution in [-0.4, -0.2) is 10.5 Å². The number of carbonyl (C=O) groups is 1. The molecule has 1 heterocycles. The Hall–Kier alpha value is -2.56. The molecule has 0 radical (unpaired) electrons. The van der Waals surface area contributed by atoms with Crippen molar-refractivity contribution in [1.82, 2.24) is 4.57 Å². The summed E-state index contributed by atoms with van der Waals surface area (Å²) in [6, 6.07) is 15.6. The van der Waals surface area contributed by atoms with Gasteiger partial charge in [0.05, 0.1) is 6.54 Å². The summed E-state index contributed by atoms with van der Waals surface area (Å²) in [6.45, 7) is 2.19. The quantitative estimate of drug-likeness (QED) is 0.702. The molecule has 0 saturated heterocycles. The molecular weight excluding hydrogens is 371 g/mol. The first-order valence-corrected chi connectivity index (χ1v) is 8.71. The van der Waals surface area contributed by atoms with E-state index in [0.717, 1.165) is 11.1 Å². The lowest BCUT2D eigenvalue weighted by molar-refractivity contribution is 0.102. The molecule has 2 aromatic carbocycles. The maximum atomic E-state index is 12.7. The highest BCUT2D eigenvalue weighted by atomic mass is 35.5. The highest BCUT2D eigenvalue weighted by molar-refractivity contribution is 6.31. The van der Waals surface area contributed by atoms with Gasteiger partial charge in [0.15, 0.2) is 0 Å². The molecule has 0 aliphatic heterocycles. The number of anilines is 1. The second-order valence-corrected chi connectivity index (χ2v) is 6.77. The first kappa shape index (κ1) is 18.2. The fourth-order valence-electron chi connectivity index (χ4n) is 2.58. The van der Waals surface area contributed by atoms with Gasteiger partial charge in [-0.1, -0.05) is 41.4 Å². The molecule has 0 bridgehead atoms. The molecular formula is C20H16Cl2N2O2. The molecule has 0 aliphatic rings.